The topological polar surface area (TPSA) is 29.0 Å². The molecule has 1 unspecified atom stereocenters. The minimum Gasteiger partial charge on any atom is -0.356 e. The lowest BCUT2D eigenvalue weighted by molar-refractivity contribution is 0.758. The highest BCUT2D eigenvalue weighted by atomic mass is 35.5. The summed E-state index contributed by atoms with van der Waals surface area (Å²) in [6, 6.07) is 12.6. The van der Waals surface area contributed by atoms with Crippen LogP contribution < -0.4 is 4.90 Å². The molecule has 0 N–H and O–H groups in total. The lowest BCUT2D eigenvalue weighted by Gasteiger charge is -2.19. The summed E-state index contributed by atoms with van der Waals surface area (Å²) in [7, 11) is 0. The van der Waals surface area contributed by atoms with Crippen molar-refractivity contribution in [3.8, 4) is 0 Å². The number of benzene rings is 1. The molecule has 3 rings (SSSR count). The molecule has 0 spiro atoms. The molecule has 1 aromatic heterocycles. The van der Waals surface area contributed by atoms with Crippen molar-refractivity contribution in [2.24, 2.45) is 0 Å². The van der Waals surface area contributed by atoms with Crippen LogP contribution in [0.5, 0.6) is 0 Å². The van der Waals surface area contributed by atoms with E-state index in [9.17, 15) is 0 Å². The number of hydrogen-bond donors (Lipinski definition) is 0. The fraction of sp³-hybridized carbons (Fsp3) is 0.412. The Morgan fingerprint density at radius 1 is 1.19 bits per heavy atom. The molecule has 1 atom stereocenters. The van der Waals surface area contributed by atoms with E-state index in [-0.39, 0.29) is 5.92 Å². The maximum Gasteiger partial charge on any atom is 0.135 e. The number of anilines is 1. The van der Waals surface area contributed by atoms with Crippen LogP contribution in [-0.2, 0) is 0 Å². The molecule has 0 radical (unpaired) electrons. The van der Waals surface area contributed by atoms with Gasteiger partial charge in [-0.1, -0.05) is 55.8 Å². The molecule has 0 aliphatic carbocycles. The summed E-state index contributed by atoms with van der Waals surface area (Å²) in [5.41, 5.74) is 1.41. The van der Waals surface area contributed by atoms with E-state index < -0.39 is 0 Å². The van der Waals surface area contributed by atoms with Crippen LogP contribution in [-0.4, -0.2) is 23.1 Å². The highest BCUT2D eigenvalue weighted by molar-refractivity contribution is 6.29. The molecule has 3 nitrogen and oxygen atoms in total. The zero-order chi connectivity index (χ0) is 14.8. The molecule has 4 heteroatoms. The number of halogens is 1. The second-order valence-electron chi connectivity index (χ2n) is 5.90. The van der Waals surface area contributed by atoms with E-state index >= 15 is 0 Å². The van der Waals surface area contributed by atoms with Gasteiger partial charge in [-0.15, -0.1) is 0 Å². The second-order valence-corrected chi connectivity index (χ2v) is 6.29. The van der Waals surface area contributed by atoms with Crippen LogP contribution in [0.25, 0.3) is 0 Å². The largest absolute Gasteiger partial charge is 0.356 e. The number of nitrogens with zero attached hydrogens (tertiary/aromatic N) is 3. The van der Waals surface area contributed by atoms with Gasteiger partial charge in [0, 0.05) is 31.0 Å². The molecule has 1 fully saturated rings. The van der Waals surface area contributed by atoms with Gasteiger partial charge in [-0.25, -0.2) is 9.97 Å². The highest BCUT2D eigenvalue weighted by Crippen LogP contribution is 2.31. The van der Waals surface area contributed by atoms with Crippen LogP contribution >= 0.6 is 11.6 Å². The second kappa shape index (κ2) is 6.02. The average Bonchev–Trinajstić information content (AvgIpc) is 2.97. The quantitative estimate of drug-likeness (QED) is 0.794. The Hall–Kier alpha value is -1.61. The van der Waals surface area contributed by atoms with E-state index in [2.05, 4.69) is 59.0 Å². The van der Waals surface area contributed by atoms with E-state index in [0.717, 1.165) is 31.2 Å². The first-order chi connectivity index (χ1) is 10.1. The van der Waals surface area contributed by atoms with Crippen molar-refractivity contribution < 1.29 is 0 Å². The summed E-state index contributed by atoms with van der Waals surface area (Å²) in [4.78, 5) is 11.3. The van der Waals surface area contributed by atoms with Crippen molar-refractivity contribution in [3.63, 3.8) is 0 Å². The van der Waals surface area contributed by atoms with Crippen molar-refractivity contribution >= 4 is 17.4 Å². The lowest BCUT2D eigenvalue weighted by atomic mass is 9.99. The Morgan fingerprint density at radius 3 is 2.67 bits per heavy atom. The van der Waals surface area contributed by atoms with E-state index in [1.165, 1.54) is 5.56 Å². The molecule has 1 aliphatic rings. The number of hydrogen-bond acceptors (Lipinski definition) is 3. The molecular weight excluding hydrogens is 282 g/mol. The molecule has 1 saturated heterocycles. The minimum absolute atomic E-state index is 0.287. The standard InChI is InChI=1S/C17H20ClN3/c1-12(2)17-19-15(18)10-16(20-17)21-9-8-14(11-21)13-6-4-3-5-7-13/h3-7,10,12,14H,8-9,11H2,1-2H3. The summed E-state index contributed by atoms with van der Waals surface area (Å²) in [6.07, 6.45) is 1.16. The number of aromatic nitrogens is 2. The molecule has 2 heterocycles. The van der Waals surface area contributed by atoms with E-state index in [4.69, 9.17) is 11.6 Å². The molecule has 2 aromatic rings. The molecular formula is C17H20ClN3. The molecule has 21 heavy (non-hydrogen) atoms. The van der Waals surface area contributed by atoms with Crippen LogP contribution in [0.3, 0.4) is 0 Å². The maximum atomic E-state index is 6.15. The van der Waals surface area contributed by atoms with E-state index in [1.807, 2.05) is 6.07 Å². The minimum atomic E-state index is 0.287. The fourth-order valence-electron chi connectivity index (χ4n) is 2.81. The third kappa shape index (κ3) is 3.18. The van der Waals surface area contributed by atoms with Crippen LogP contribution in [0.2, 0.25) is 5.15 Å². The van der Waals surface area contributed by atoms with Crippen molar-refractivity contribution in [1.82, 2.24) is 9.97 Å². The Labute approximate surface area is 131 Å². The molecule has 0 amide bonds. The van der Waals surface area contributed by atoms with Crippen molar-refractivity contribution in [2.75, 3.05) is 18.0 Å². The van der Waals surface area contributed by atoms with Crippen molar-refractivity contribution in [3.05, 3.63) is 52.9 Å². The molecule has 1 aliphatic heterocycles. The Balaban J connectivity index is 1.80. The van der Waals surface area contributed by atoms with Crippen LogP contribution in [0.1, 0.15) is 43.5 Å². The summed E-state index contributed by atoms with van der Waals surface area (Å²) in [6.45, 7) is 6.19. The van der Waals surface area contributed by atoms with E-state index in [0.29, 0.717) is 11.1 Å². The van der Waals surface area contributed by atoms with Crippen molar-refractivity contribution in [2.45, 2.75) is 32.1 Å². The molecule has 0 saturated carbocycles. The Bertz CT molecular complexity index is 613. The Morgan fingerprint density at radius 2 is 1.95 bits per heavy atom. The highest BCUT2D eigenvalue weighted by Gasteiger charge is 2.25. The monoisotopic (exact) mass is 301 g/mol. The zero-order valence-corrected chi connectivity index (χ0v) is 13.2. The number of rotatable bonds is 3. The first-order valence-electron chi connectivity index (χ1n) is 7.48. The molecule has 110 valence electrons. The average molecular weight is 302 g/mol. The predicted octanol–water partition coefficient (Wildman–Crippen LogP) is 4.25. The van der Waals surface area contributed by atoms with Gasteiger partial charge in [-0.3, -0.25) is 0 Å². The van der Waals surface area contributed by atoms with Gasteiger partial charge in [0.15, 0.2) is 0 Å². The van der Waals surface area contributed by atoms with Crippen LogP contribution in [0, 0.1) is 0 Å². The van der Waals surface area contributed by atoms with Gasteiger partial charge in [0.1, 0.15) is 16.8 Å². The first-order valence-corrected chi connectivity index (χ1v) is 7.85. The summed E-state index contributed by atoms with van der Waals surface area (Å²) >= 11 is 6.15. The lowest BCUT2D eigenvalue weighted by Crippen LogP contribution is -2.21. The first kappa shape index (κ1) is 14.3. The van der Waals surface area contributed by atoms with E-state index in [1.54, 1.807) is 0 Å². The fourth-order valence-corrected chi connectivity index (χ4v) is 2.99. The maximum absolute atomic E-state index is 6.15. The van der Waals surface area contributed by atoms with Gasteiger partial charge in [0.25, 0.3) is 0 Å². The SMILES string of the molecule is CC(C)c1nc(Cl)cc(N2CCC(c3ccccc3)C2)n1. The smallest absolute Gasteiger partial charge is 0.135 e. The predicted molar refractivity (Wildman–Crippen MR) is 87.1 cm³/mol. The molecule has 1 aromatic carbocycles. The van der Waals surface area contributed by atoms with Crippen LogP contribution in [0.15, 0.2) is 36.4 Å². The van der Waals surface area contributed by atoms with Gasteiger partial charge in [0.2, 0.25) is 0 Å². The summed E-state index contributed by atoms with van der Waals surface area (Å²) < 4.78 is 0. The van der Waals surface area contributed by atoms with Gasteiger partial charge in [0.05, 0.1) is 0 Å². The normalized spacial score (nSPS) is 18.5. The third-order valence-electron chi connectivity index (χ3n) is 4.00. The third-order valence-corrected chi connectivity index (χ3v) is 4.19. The van der Waals surface area contributed by atoms with Crippen molar-refractivity contribution in [1.29, 1.82) is 0 Å². The summed E-state index contributed by atoms with van der Waals surface area (Å²) in [5, 5.41) is 0.534. The van der Waals surface area contributed by atoms with Gasteiger partial charge in [-0.05, 0) is 12.0 Å². The van der Waals surface area contributed by atoms with Gasteiger partial charge < -0.3 is 4.90 Å². The zero-order valence-electron chi connectivity index (χ0n) is 12.5. The molecule has 0 bridgehead atoms. The van der Waals surface area contributed by atoms with Crippen LogP contribution in [0.4, 0.5) is 5.82 Å². The van der Waals surface area contributed by atoms with Gasteiger partial charge >= 0.3 is 0 Å². The van der Waals surface area contributed by atoms with Gasteiger partial charge in [-0.2, -0.15) is 0 Å². The Kier molecular flexibility index (Phi) is 4.11. The summed E-state index contributed by atoms with van der Waals surface area (Å²) in [5.74, 6) is 2.63.